The Hall–Kier alpha value is -1.69. The van der Waals surface area contributed by atoms with Crippen molar-refractivity contribution in [1.29, 1.82) is 0 Å². The summed E-state index contributed by atoms with van der Waals surface area (Å²) in [5.41, 5.74) is 1.20. The van der Waals surface area contributed by atoms with Crippen molar-refractivity contribution in [2.75, 3.05) is 0 Å². The molecule has 0 saturated heterocycles. The van der Waals surface area contributed by atoms with Crippen LogP contribution in [0.3, 0.4) is 0 Å². The summed E-state index contributed by atoms with van der Waals surface area (Å²) in [5, 5.41) is 12.1. The Morgan fingerprint density at radius 1 is 1.42 bits per heavy atom. The topological polar surface area (TPSA) is 60.6 Å². The summed E-state index contributed by atoms with van der Waals surface area (Å²) in [5.74, 6) is 2.18. The van der Waals surface area contributed by atoms with Crippen LogP contribution in [0.25, 0.3) is 0 Å². The van der Waals surface area contributed by atoms with Gasteiger partial charge in [-0.05, 0) is 20.3 Å². The zero-order valence-electron chi connectivity index (χ0n) is 11.5. The molecule has 2 aromatic heterocycles. The monoisotopic (exact) mass is 260 g/mol. The first-order valence-electron chi connectivity index (χ1n) is 6.94. The van der Waals surface area contributed by atoms with E-state index in [4.69, 9.17) is 0 Å². The molecule has 0 aliphatic carbocycles. The molecule has 1 aliphatic rings. The van der Waals surface area contributed by atoms with Gasteiger partial charge in [0.1, 0.15) is 11.6 Å². The maximum Gasteiger partial charge on any atom is 0.149 e. The Labute approximate surface area is 112 Å². The minimum absolute atomic E-state index is 0.208. The van der Waals surface area contributed by atoms with Crippen molar-refractivity contribution in [3.63, 3.8) is 0 Å². The average Bonchev–Trinajstić information content (AvgIpc) is 3.11. The van der Waals surface area contributed by atoms with E-state index in [0.717, 1.165) is 37.7 Å². The SMILES string of the molecule is CCn1cncc1CNC(C)c1nnc2n1CCC2. The molecule has 0 saturated carbocycles. The molecule has 2 aromatic rings. The highest BCUT2D eigenvalue weighted by atomic mass is 15.3. The second-order valence-corrected chi connectivity index (χ2v) is 5.00. The third-order valence-corrected chi connectivity index (χ3v) is 3.75. The molecular formula is C13H20N6. The molecule has 3 rings (SSSR count). The predicted octanol–water partition coefficient (Wildman–Crippen LogP) is 1.29. The first-order valence-corrected chi connectivity index (χ1v) is 6.94. The molecule has 3 heterocycles. The van der Waals surface area contributed by atoms with E-state index in [1.165, 1.54) is 12.1 Å². The molecule has 1 unspecified atom stereocenters. The van der Waals surface area contributed by atoms with Crippen molar-refractivity contribution in [1.82, 2.24) is 29.6 Å². The van der Waals surface area contributed by atoms with Crippen molar-refractivity contribution in [2.45, 2.75) is 52.4 Å². The van der Waals surface area contributed by atoms with Gasteiger partial charge >= 0.3 is 0 Å². The molecular weight excluding hydrogens is 240 g/mol. The Morgan fingerprint density at radius 2 is 2.32 bits per heavy atom. The van der Waals surface area contributed by atoms with Crippen molar-refractivity contribution in [3.8, 4) is 0 Å². The summed E-state index contributed by atoms with van der Waals surface area (Å²) in [6, 6.07) is 0.208. The van der Waals surface area contributed by atoms with Crippen LogP contribution in [0, 0.1) is 0 Å². The minimum Gasteiger partial charge on any atom is -0.334 e. The number of rotatable bonds is 5. The van der Waals surface area contributed by atoms with Gasteiger partial charge in [-0.3, -0.25) is 0 Å². The van der Waals surface area contributed by atoms with E-state index < -0.39 is 0 Å². The van der Waals surface area contributed by atoms with E-state index in [9.17, 15) is 0 Å². The standard InChI is InChI=1S/C13H20N6/c1-3-18-9-14-7-11(18)8-15-10(2)13-17-16-12-5-4-6-19(12)13/h7,9-10,15H,3-6,8H2,1-2H3. The number of hydrogen-bond acceptors (Lipinski definition) is 4. The summed E-state index contributed by atoms with van der Waals surface area (Å²) in [6.45, 7) is 7.07. The van der Waals surface area contributed by atoms with Crippen LogP contribution in [-0.2, 0) is 26.1 Å². The van der Waals surface area contributed by atoms with Crippen LogP contribution in [0.2, 0.25) is 0 Å². The normalized spacial score (nSPS) is 15.7. The molecule has 1 atom stereocenters. The van der Waals surface area contributed by atoms with E-state index in [1.54, 1.807) is 0 Å². The van der Waals surface area contributed by atoms with Crippen LogP contribution in [-0.4, -0.2) is 24.3 Å². The quantitative estimate of drug-likeness (QED) is 0.880. The Kier molecular flexibility index (Phi) is 3.33. The molecule has 0 spiro atoms. The van der Waals surface area contributed by atoms with Crippen molar-refractivity contribution >= 4 is 0 Å². The van der Waals surface area contributed by atoms with Crippen molar-refractivity contribution in [2.24, 2.45) is 0 Å². The van der Waals surface area contributed by atoms with Gasteiger partial charge in [-0.2, -0.15) is 0 Å². The molecule has 0 bridgehead atoms. The van der Waals surface area contributed by atoms with Gasteiger partial charge in [0, 0.05) is 32.3 Å². The van der Waals surface area contributed by atoms with Gasteiger partial charge in [-0.15, -0.1) is 10.2 Å². The van der Waals surface area contributed by atoms with Crippen LogP contribution in [0.5, 0.6) is 0 Å². The summed E-state index contributed by atoms with van der Waals surface area (Å²) < 4.78 is 4.39. The summed E-state index contributed by atoms with van der Waals surface area (Å²) in [7, 11) is 0. The third-order valence-electron chi connectivity index (χ3n) is 3.75. The van der Waals surface area contributed by atoms with Crippen molar-refractivity contribution in [3.05, 3.63) is 29.9 Å². The number of fused-ring (bicyclic) bond motifs is 1. The Balaban J connectivity index is 1.67. The number of hydrogen-bond donors (Lipinski definition) is 1. The zero-order chi connectivity index (χ0) is 13.2. The number of imidazole rings is 1. The highest BCUT2D eigenvalue weighted by Gasteiger charge is 2.21. The minimum atomic E-state index is 0.208. The number of aromatic nitrogens is 5. The summed E-state index contributed by atoms with van der Waals surface area (Å²) in [6.07, 6.45) is 6.03. The molecule has 0 fully saturated rings. The first-order chi connectivity index (χ1) is 9.29. The van der Waals surface area contributed by atoms with E-state index in [2.05, 4.69) is 43.5 Å². The van der Waals surface area contributed by atoms with Gasteiger partial charge in [0.2, 0.25) is 0 Å². The second-order valence-electron chi connectivity index (χ2n) is 5.00. The number of aryl methyl sites for hydroxylation is 2. The van der Waals surface area contributed by atoms with Crippen LogP contribution in [0.1, 0.15) is 43.7 Å². The molecule has 19 heavy (non-hydrogen) atoms. The van der Waals surface area contributed by atoms with Gasteiger partial charge in [0.05, 0.1) is 18.1 Å². The lowest BCUT2D eigenvalue weighted by atomic mass is 10.3. The lowest BCUT2D eigenvalue weighted by Gasteiger charge is -2.14. The predicted molar refractivity (Wildman–Crippen MR) is 71.5 cm³/mol. The van der Waals surface area contributed by atoms with E-state index >= 15 is 0 Å². The third kappa shape index (κ3) is 2.28. The fourth-order valence-electron chi connectivity index (χ4n) is 2.62. The van der Waals surface area contributed by atoms with E-state index in [-0.39, 0.29) is 6.04 Å². The second kappa shape index (κ2) is 5.13. The maximum absolute atomic E-state index is 4.31. The van der Waals surface area contributed by atoms with Gasteiger partial charge < -0.3 is 14.5 Å². The van der Waals surface area contributed by atoms with Gasteiger partial charge in [-0.1, -0.05) is 0 Å². The van der Waals surface area contributed by atoms with Gasteiger partial charge in [0.15, 0.2) is 0 Å². The summed E-state index contributed by atoms with van der Waals surface area (Å²) >= 11 is 0. The molecule has 6 nitrogen and oxygen atoms in total. The number of nitrogens with zero attached hydrogens (tertiary/aromatic N) is 5. The Morgan fingerprint density at radius 3 is 3.16 bits per heavy atom. The average molecular weight is 260 g/mol. The molecule has 1 N–H and O–H groups in total. The van der Waals surface area contributed by atoms with Gasteiger partial charge in [-0.25, -0.2) is 4.98 Å². The number of nitrogens with one attached hydrogen (secondary N) is 1. The largest absolute Gasteiger partial charge is 0.334 e. The smallest absolute Gasteiger partial charge is 0.149 e. The molecule has 0 amide bonds. The zero-order valence-corrected chi connectivity index (χ0v) is 11.5. The fraction of sp³-hybridized carbons (Fsp3) is 0.615. The molecule has 0 radical (unpaired) electrons. The molecule has 6 heteroatoms. The highest BCUT2D eigenvalue weighted by Crippen LogP contribution is 2.19. The first kappa shape index (κ1) is 12.3. The van der Waals surface area contributed by atoms with Crippen LogP contribution in [0.15, 0.2) is 12.5 Å². The van der Waals surface area contributed by atoms with Gasteiger partial charge in [0.25, 0.3) is 0 Å². The maximum atomic E-state index is 4.31. The van der Waals surface area contributed by atoms with Crippen molar-refractivity contribution < 1.29 is 0 Å². The summed E-state index contributed by atoms with van der Waals surface area (Å²) in [4.78, 5) is 4.18. The fourth-order valence-corrected chi connectivity index (χ4v) is 2.62. The van der Waals surface area contributed by atoms with E-state index in [0.29, 0.717) is 0 Å². The van der Waals surface area contributed by atoms with Crippen LogP contribution >= 0.6 is 0 Å². The lowest BCUT2D eigenvalue weighted by molar-refractivity contribution is 0.503. The Bertz CT molecular complexity index is 555. The molecule has 1 aliphatic heterocycles. The lowest BCUT2D eigenvalue weighted by Crippen LogP contribution is -2.22. The van der Waals surface area contributed by atoms with Crippen LogP contribution in [0.4, 0.5) is 0 Å². The van der Waals surface area contributed by atoms with Crippen LogP contribution < -0.4 is 5.32 Å². The molecule has 102 valence electrons. The highest BCUT2D eigenvalue weighted by molar-refractivity contribution is 5.05. The molecule has 0 aromatic carbocycles. The van der Waals surface area contributed by atoms with E-state index in [1.807, 2.05) is 12.5 Å².